The van der Waals surface area contributed by atoms with Crippen LogP contribution in [0, 0.1) is 0 Å². The van der Waals surface area contributed by atoms with Gasteiger partial charge < -0.3 is 5.11 Å². The summed E-state index contributed by atoms with van der Waals surface area (Å²) in [6.07, 6.45) is 0.130. The molecule has 1 fully saturated rings. The van der Waals surface area contributed by atoms with Gasteiger partial charge in [0.25, 0.3) is 0 Å². The summed E-state index contributed by atoms with van der Waals surface area (Å²) in [4.78, 5) is 38.5. The number of hydrogen-bond donors (Lipinski definition) is 2. The third-order valence-corrected chi connectivity index (χ3v) is 3.52. The molecule has 96 valence electrons. The molecule has 2 amide bonds. The van der Waals surface area contributed by atoms with Crippen LogP contribution in [0.1, 0.15) is 21.9 Å². The van der Waals surface area contributed by atoms with Crippen molar-refractivity contribution in [1.29, 1.82) is 0 Å². The molecule has 7 nitrogen and oxygen atoms in total. The summed E-state index contributed by atoms with van der Waals surface area (Å²) in [5, 5.41) is 13.2. The number of carbonyl (C=O) groups excluding carboxylic acids is 2. The first-order chi connectivity index (χ1) is 8.49. The predicted molar refractivity (Wildman–Crippen MR) is 62.1 cm³/mol. The highest BCUT2D eigenvalue weighted by Gasteiger charge is 2.35. The lowest BCUT2D eigenvalue weighted by molar-refractivity contribution is -0.137. The van der Waals surface area contributed by atoms with Crippen LogP contribution in [0.5, 0.6) is 0 Å². The summed E-state index contributed by atoms with van der Waals surface area (Å²) in [5.41, 5.74) is 0.548. The Morgan fingerprint density at radius 3 is 2.89 bits per heavy atom. The number of amides is 2. The molecule has 1 aliphatic rings. The summed E-state index contributed by atoms with van der Waals surface area (Å²) >= 11 is 1.03. The summed E-state index contributed by atoms with van der Waals surface area (Å²) in [7, 11) is 1.44. The number of thiazole rings is 1. The number of likely N-dealkylation sites (N-methyl/N-ethyl adjacent to an activating group) is 1. The smallest absolute Gasteiger partial charge is 0.365 e. The van der Waals surface area contributed by atoms with E-state index in [-0.39, 0.29) is 29.8 Å². The molecule has 0 spiro atoms. The molecule has 1 aromatic rings. The zero-order chi connectivity index (χ0) is 13.3. The number of imide groups is 1. The first-order valence-electron chi connectivity index (χ1n) is 5.20. The minimum absolute atomic E-state index is 0.0118. The lowest BCUT2D eigenvalue weighted by atomic mass is 10.2. The molecule has 0 saturated carbocycles. The second kappa shape index (κ2) is 4.83. The SMILES string of the molecule is CN1C(=O)CC(NCc2csc(C(=O)O)n2)C1=O. The van der Waals surface area contributed by atoms with E-state index in [1.54, 1.807) is 5.38 Å². The Balaban J connectivity index is 1.94. The number of carboxylic acid groups (broad SMARTS) is 1. The normalized spacial score (nSPS) is 19.6. The molecule has 18 heavy (non-hydrogen) atoms. The Bertz CT molecular complexity index is 513. The van der Waals surface area contributed by atoms with E-state index in [9.17, 15) is 14.4 Å². The molecule has 2 heterocycles. The number of carboxylic acids is 1. The number of aromatic carboxylic acids is 1. The first kappa shape index (κ1) is 12.7. The Labute approximate surface area is 106 Å². The van der Waals surface area contributed by atoms with Gasteiger partial charge in [-0.3, -0.25) is 19.8 Å². The van der Waals surface area contributed by atoms with Crippen LogP contribution in [-0.4, -0.2) is 45.9 Å². The van der Waals surface area contributed by atoms with Crippen molar-refractivity contribution in [2.45, 2.75) is 19.0 Å². The molecule has 2 N–H and O–H groups in total. The van der Waals surface area contributed by atoms with Crippen LogP contribution >= 0.6 is 11.3 Å². The molecule has 8 heteroatoms. The third kappa shape index (κ3) is 2.39. The fraction of sp³-hybridized carbons (Fsp3) is 0.400. The van der Waals surface area contributed by atoms with Gasteiger partial charge in [-0.2, -0.15) is 0 Å². The number of rotatable bonds is 4. The minimum atomic E-state index is -1.07. The van der Waals surface area contributed by atoms with E-state index < -0.39 is 12.0 Å². The van der Waals surface area contributed by atoms with Gasteiger partial charge in [0.2, 0.25) is 16.8 Å². The van der Waals surface area contributed by atoms with Crippen molar-refractivity contribution in [2.75, 3.05) is 7.05 Å². The molecule has 2 rings (SSSR count). The molecule has 0 aromatic carbocycles. The molecule has 0 radical (unpaired) electrons. The molecule has 1 unspecified atom stereocenters. The van der Waals surface area contributed by atoms with Crippen LogP contribution < -0.4 is 5.32 Å². The van der Waals surface area contributed by atoms with Gasteiger partial charge in [-0.15, -0.1) is 11.3 Å². The van der Waals surface area contributed by atoms with Crippen LogP contribution in [-0.2, 0) is 16.1 Å². The number of likely N-dealkylation sites (tertiary alicyclic amines) is 1. The topological polar surface area (TPSA) is 99.6 Å². The molecule has 0 bridgehead atoms. The highest BCUT2D eigenvalue weighted by Crippen LogP contribution is 2.13. The third-order valence-electron chi connectivity index (χ3n) is 2.65. The predicted octanol–water partition coefficient (Wildman–Crippen LogP) is -0.312. The Morgan fingerprint density at radius 2 is 2.39 bits per heavy atom. The van der Waals surface area contributed by atoms with Gasteiger partial charge >= 0.3 is 5.97 Å². The monoisotopic (exact) mass is 269 g/mol. The first-order valence-corrected chi connectivity index (χ1v) is 6.08. The number of nitrogens with one attached hydrogen (secondary N) is 1. The summed E-state index contributed by atoms with van der Waals surface area (Å²) in [6, 6.07) is -0.544. The zero-order valence-electron chi connectivity index (χ0n) is 9.54. The van der Waals surface area contributed by atoms with E-state index in [2.05, 4.69) is 10.3 Å². The molecule has 1 aliphatic heterocycles. The zero-order valence-corrected chi connectivity index (χ0v) is 10.4. The molecule has 1 saturated heterocycles. The average molecular weight is 269 g/mol. The van der Waals surface area contributed by atoms with E-state index in [0.717, 1.165) is 16.2 Å². The second-order valence-corrected chi connectivity index (χ2v) is 4.74. The Morgan fingerprint density at radius 1 is 1.67 bits per heavy atom. The number of aromatic nitrogens is 1. The molecular weight excluding hydrogens is 258 g/mol. The molecular formula is C10H11N3O4S. The minimum Gasteiger partial charge on any atom is -0.476 e. The van der Waals surface area contributed by atoms with Crippen molar-refractivity contribution in [3.8, 4) is 0 Å². The fourth-order valence-corrected chi connectivity index (χ4v) is 2.28. The molecule has 1 aromatic heterocycles. The van der Waals surface area contributed by atoms with Crippen molar-refractivity contribution in [3.05, 3.63) is 16.1 Å². The van der Waals surface area contributed by atoms with Gasteiger partial charge in [-0.25, -0.2) is 9.78 Å². The van der Waals surface area contributed by atoms with E-state index in [1.807, 2.05) is 0 Å². The van der Waals surface area contributed by atoms with E-state index in [0.29, 0.717) is 5.69 Å². The van der Waals surface area contributed by atoms with E-state index in [1.165, 1.54) is 7.05 Å². The number of hydrogen-bond acceptors (Lipinski definition) is 6. The van der Waals surface area contributed by atoms with E-state index in [4.69, 9.17) is 5.11 Å². The summed E-state index contributed by atoms with van der Waals surface area (Å²) in [6.45, 7) is 0.265. The van der Waals surface area contributed by atoms with Crippen molar-refractivity contribution in [1.82, 2.24) is 15.2 Å². The van der Waals surface area contributed by atoms with Crippen LogP contribution in [0.25, 0.3) is 0 Å². The van der Waals surface area contributed by atoms with Gasteiger partial charge in [0.15, 0.2) is 0 Å². The van der Waals surface area contributed by atoms with Crippen LogP contribution in [0.15, 0.2) is 5.38 Å². The van der Waals surface area contributed by atoms with E-state index >= 15 is 0 Å². The van der Waals surface area contributed by atoms with Crippen molar-refractivity contribution in [3.63, 3.8) is 0 Å². The Kier molecular flexibility index (Phi) is 3.39. The maximum absolute atomic E-state index is 11.6. The van der Waals surface area contributed by atoms with Crippen molar-refractivity contribution < 1.29 is 19.5 Å². The summed E-state index contributed by atoms with van der Waals surface area (Å²) in [5.74, 6) is -1.56. The maximum Gasteiger partial charge on any atom is 0.365 e. The van der Waals surface area contributed by atoms with Gasteiger partial charge in [-0.05, 0) is 0 Å². The van der Waals surface area contributed by atoms with Crippen LogP contribution in [0.2, 0.25) is 0 Å². The number of carbonyl (C=O) groups is 3. The van der Waals surface area contributed by atoms with Crippen molar-refractivity contribution >= 4 is 29.1 Å². The van der Waals surface area contributed by atoms with Crippen LogP contribution in [0.4, 0.5) is 0 Å². The van der Waals surface area contributed by atoms with Gasteiger partial charge in [-0.1, -0.05) is 0 Å². The number of nitrogens with zero attached hydrogens (tertiary/aromatic N) is 2. The lowest BCUT2D eigenvalue weighted by Gasteiger charge is -2.09. The lowest BCUT2D eigenvalue weighted by Crippen LogP contribution is -2.36. The van der Waals surface area contributed by atoms with Crippen molar-refractivity contribution in [2.24, 2.45) is 0 Å². The van der Waals surface area contributed by atoms with Crippen LogP contribution in [0.3, 0.4) is 0 Å². The summed E-state index contributed by atoms with van der Waals surface area (Å²) < 4.78 is 0. The maximum atomic E-state index is 11.6. The fourth-order valence-electron chi connectivity index (χ4n) is 1.63. The highest BCUT2D eigenvalue weighted by atomic mass is 32.1. The quantitative estimate of drug-likeness (QED) is 0.727. The molecule has 1 atom stereocenters. The second-order valence-electron chi connectivity index (χ2n) is 3.88. The van der Waals surface area contributed by atoms with Gasteiger partial charge in [0.1, 0.15) is 0 Å². The standard InChI is InChI=1S/C10H11N3O4S/c1-13-7(14)2-6(9(13)15)11-3-5-4-18-8(12-5)10(16)17/h4,6,11H,2-3H2,1H3,(H,16,17). The highest BCUT2D eigenvalue weighted by molar-refractivity contribution is 7.11. The largest absolute Gasteiger partial charge is 0.476 e. The molecule has 0 aliphatic carbocycles. The van der Waals surface area contributed by atoms with Gasteiger partial charge in [0.05, 0.1) is 18.2 Å². The van der Waals surface area contributed by atoms with Gasteiger partial charge in [0, 0.05) is 19.0 Å². The average Bonchev–Trinajstić information content (AvgIpc) is 2.88. The Hall–Kier alpha value is -1.80.